The van der Waals surface area contributed by atoms with Crippen molar-refractivity contribution in [3.05, 3.63) is 36.4 Å². The number of anilines is 1. The summed E-state index contributed by atoms with van der Waals surface area (Å²) in [6.45, 7) is 3.62. The van der Waals surface area contributed by atoms with E-state index in [1.165, 1.54) is 0 Å². The summed E-state index contributed by atoms with van der Waals surface area (Å²) in [5.41, 5.74) is 13.1. The van der Waals surface area contributed by atoms with Crippen LogP contribution in [-0.4, -0.2) is 5.11 Å². The lowest BCUT2D eigenvalue weighted by atomic mass is 10.1. The molecule has 3 nitrogen and oxygen atoms in total. The summed E-state index contributed by atoms with van der Waals surface area (Å²) in [5.74, 6) is 0. The van der Waals surface area contributed by atoms with Gasteiger partial charge in [-0.05, 0) is 29.9 Å². The van der Waals surface area contributed by atoms with Crippen molar-refractivity contribution in [2.24, 2.45) is 11.5 Å². The molecule has 13 heavy (non-hydrogen) atoms. The highest BCUT2D eigenvalue weighted by molar-refractivity contribution is 7.80. The number of thiocarbonyl (C=S) groups is 1. The topological polar surface area (TPSA) is 64.1 Å². The molecule has 0 aliphatic heterocycles. The van der Waals surface area contributed by atoms with Gasteiger partial charge >= 0.3 is 0 Å². The molecule has 0 fully saturated rings. The maximum absolute atomic E-state index is 5.50. The number of nitrogens with one attached hydrogen (secondary N) is 1. The van der Waals surface area contributed by atoms with Crippen molar-refractivity contribution in [1.82, 2.24) is 0 Å². The van der Waals surface area contributed by atoms with Crippen LogP contribution in [0.3, 0.4) is 0 Å². The van der Waals surface area contributed by atoms with Gasteiger partial charge in [0.1, 0.15) is 0 Å². The van der Waals surface area contributed by atoms with Crippen LogP contribution in [0.5, 0.6) is 0 Å². The second kappa shape index (κ2) is 3.91. The summed E-state index contributed by atoms with van der Waals surface area (Å²) >= 11 is 4.69. The van der Waals surface area contributed by atoms with E-state index in [1.807, 2.05) is 24.3 Å². The smallest absolute Gasteiger partial charge is 0.168 e. The zero-order valence-electron chi connectivity index (χ0n) is 7.08. The second-order valence-corrected chi connectivity index (χ2v) is 3.03. The molecule has 4 heteroatoms. The van der Waals surface area contributed by atoms with Crippen molar-refractivity contribution in [2.75, 3.05) is 5.32 Å². The van der Waals surface area contributed by atoms with Crippen LogP contribution >= 0.6 is 12.2 Å². The first-order chi connectivity index (χ1) is 6.09. The van der Waals surface area contributed by atoms with Crippen molar-refractivity contribution in [3.63, 3.8) is 0 Å². The Bertz CT molecular complexity index is 329. The Morgan fingerprint density at radius 3 is 2.15 bits per heavy atom. The van der Waals surface area contributed by atoms with Crippen molar-refractivity contribution in [1.29, 1.82) is 0 Å². The number of hydrogen-bond donors (Lipinski definition) is 3. The Balaban J connectivity index is 2.81. The zero-order chi connectivity index (χ0) is 9.84. The predicted molar refractivity (Wildman–Crippen MR) is 60.1 cm³/mol. The maximum atomic E-state index is 5.50. The molecule has 1 rings (SSSR count). The lowest BCUT2D eigenvalue weighted by Gasteiger charge is -2.04. The minimum atomic E-state index is 0.249. The van der Waals surface area contributed by atoms with Gasteiger partial charge in [0.15, 0.2) is 5.11 Å². The maximum Gasteiger partial charge on any atom is 0.168 e. The van der Waals surface area contributed by atoms with E-state index in [1.54, 1.807) is 0 Å². The van der Waals surface area contributed by atoms with E-state index in [9.17, 15) is 0 Å². The molecule has 0 radical (unpaired) electrons. The molecule has 0 aliphatic carbocycles. The van der Waals surface area contributed by atoms with Crippen LogP contribution in [0.25, 0.3) is 5.70 Å². The van der Waals surface area contributed by atoms with Gasteiger partial charge in [0.2, 0.25) is 0 Å². The van der Waals surface area contributed by atoms with E-state index < -0.39 is 0 Å². The predicted octanol–water partition coefficient (Wildman–Crippen LogP) is 1.27. The first-order valence-corrected chi connectivity index (χ1v) is 4.11. The summed E-state index contributed by atoms with van der Waals surface area (Å²) in [5, 5.41) is 3.06. The molecule has 0 aliphatic rings. The van der Waals surface area contributed by atoms with Crippen molar-refractivity contribution >= 4 is 28.7 Å². The van der Waals surface area contributed by atoms with E-state index in [4.69, 9.17) is 11.5 Å². The minimum Gasteiger partial charge on any atom is -0.399 e. The first kappa shape index (κ1) is 9.54. The summed E-state index contributed by atoms with van der Waals surface area (Å²) in [6.07, 6.45) is 0. The number of benzene rings is 1. The van der Waals surface area contributed by atoms with E-state index in [2.05, 4.69) is 24.1 Å². The molecule has 0 spiro atoms. The van der Waals surface area contributed by atoms with Gasteiger partial charge in [0.25, 0.3) is 0 Å². The standard InChI is InChI=1S/C9H11N3S/c1-6(10)7-2-4-8(5-3-7)12-9(11)13/h2-5H,1,10H2,(H3,11,12,13). The quantitative estimate of drug-likeness (QED) is 0.619. The third-order valence-electron chi connectivity index (χ3n) is 1.52. The van der Waals surface area contributed by atoms with Crippen molar-refractivity contribution < 1.29 is 0 Å². The molecule has 0 saturated carbocycles. The number of nitrogens with two attached hydrogens (primary N) is 2. The van der Waals surface area contributed by atoms with Gasteiger partial charge in [0.05, 0.1) is 0 Å². The zero-order valence-corrected chi connectivity index (χ0v) is 7.90. The Morgan fingerprint density at radius 2 is 1.77 bits per heavy atom. The fourth-order valence-electron chi connectivity index (χ4n) is 0.910. The third-order valence-corrected chi connectivity index (χ3v) is 1.63. The summed E-state index contributed by atoms with van der Waals surface area (Å²) in [7, 11) is 0. The van der Waals surface area contributed by atoms with E-state index >= 15 is 0 Å². The van der Waals surface area contributed by atoms with Gasteiger partial charge < -0.3 is 16.8 Å². The largest absolute Gasteiger partial charge is 0.399 e. The molecule has 0 amide bonds. The molecule has 0 saturated heterocycles. The molecular weight excluding hydrogens is 182 g/mol. The van der Waals surface area contributed by atoms with Gasteiger partial charge in [-0.3, -0.25) is 0 Å². The number of hydrogen-bond acceptors (Lipinski definition) is 2. The fraction of sp³-hybridized carbons (Fsp3) is 0. The average molecular weight is 193 g/mol. The summed E-state index contributed by atoms with van der Waals surface area (Å²) < 4.78 is 0. The molecule has 1 aromatic carbocycles. The second-order valence-electron chi connectivity index (χ2n) is 2.59. The summed E-state index contributed by atoms with van der Waals surface area (Å²) in [6, 6.07) is 7.38. The van der Waals surface area contributed by atoms with Gasteiger partial charge in [-0.15, -0.1) is 0 Å². The van der Waals surface area contributed by atoms with Gasteiger partial charge in [-0.2, -0.15) is 0 Å². The van der Waals surface area contributed by atoms with Crippen LogP contribution in [0.2, 0.25) is 0 Å². The van der Waals surface area contributed by atoms with Gasteiger partial charge in [0, 0.05) is 11.4 Å². The van der Waals surface area contributed by atoms with E-state index in [0.717, 1.165) is 11.3 Å². The monoisotopic (exact) mass is 193 g/mol. The normalized spacial score (nSPS) is 9.23. The van der Waals surface area contributed by atoms with Crippen molar-refractivity contribution in [2.45, 2.75) is 0 Å². The SMILES string of the molecule is C=C(N)c1ccc(NC(N)=S)cc1. The molecule has 0 atom stereocenters. The fourth-order valence-corrected chi connectivity index (χ4v) is 1.03. The lowest BCUT2D eigenvalue weighted by molar-refractivity contribution is 1.52. The molecule has 68 valence electrons. The Morgan fingerprint density at radius 1 is 1.23 bits per heavy atom. The molecular formula is C9H11N3S. The average Bonchev–Trinajstić information content (AvgIpc) is 2.04. The highest BCUT2D eigenvalue weighted by Gasteiger charge is 1.95. The molecule has 1 aromatic rings. The van der Waals surface area contributed by atoms with E-state index in [-0.39, 0.29) is 5.11 Å². The summed E-state index contributed by atoms with van der Waals surface area (Å²) in [4.78, 5) is 0. The molecule has 0 aromatic heterocycles. The van der Waals surface area contributed by atoms with Crippen LogP contribution in [0, 0.1) is 0 Å². The van der Waals surface area contributed by atoms with Crippen LogP contribution in [-0.2, 0) is 0 Å². The Labute approximate surface area is 82.4 Å². The highest BCUT2D eigenvalue weighted by Crippen LogP contribution is 2.12. The lowest BCUT2D eigenvalue weighted by Crippen LogP contribution is -2.18. The molecule has 0 heterocycles. The molecule has 0 unspecified atom stereocenters. The Hall–Kier alpha value is -1.55. The number of rotatable bonds is 2. The molecule has 0 bridgehead atoms. The minimum absolute atomic E-state index is 0.249. The Kier molecular flexibility index (Phi) is 2.87. The van der Waals surface area contributed by atoms with Crippen LogP contribution in [0.15, 0.2) is 30.8 Å². The van der Waals surface area contributed by atoms with Gasteiger partial charge in [-0.1, -0.05) is 18.7 Å². The van der Waals surface area contributed by atoms with Gasteiger partial charge in [-0.25, -0.2) is 0 Å². The van der Waals surface area contributed by atoms with E-state index in [0.29, 0.717) is 5.70 Å². The first-order valence-electron chi connectivity index (χ1n) is 3.71. The van der Waals surface area contributed by atoms with Crippen LogP contribution in [0.4, 0.5) is 5.69 Å². The molecule has 5 N–H and O–H groups in total. The van der Waals surface area contributed by atoms with Crippen molar-refractivity contribution in [3.8, 4) is 0 Å². The highest BCUT2D eigenvalue weighted by atomic mass is 32.1. The van der Waals surface area contributed by atoms with Crippen LogP contribution in [0.1, 0.15) is 5.56 Å². The van der Waals surface area contributed by atoms with Crippen LogP contribution < -0.4 is 16.8 Å². The third kappa shape index (κ3) is 2.76.